The Morgan fingerprint density at radius 1 is 0.667 bits per heavy atom. The van der Waals surface area contributed by atoms with Crippen molar-refractivity contribution in [1.82, 2.24) is 24.6 Å². The maximum absolute atomic E-state index is 4.58. The van der Waals surface area contributed by atoms with Gasteiger partial charge in [0.1, 0.15) is 0 Å². The van der Waals surface area contributed by atoms with E-state index >= 15 is 0 Å². The number of hydrogen-bond acceptors (Lipinski definition) is 1. The van der Waals surface area contributed by atoms with Crippen LogP contribution in [-0.4, -0.2) is 0 Å². The van der Waals surface area contributed by atoms with Gasteiger partial charge < -0.3 is 4.42 Å². The zero-order valence-electron chi connectivity index (χ0n) is 4.51. The first kappa shape index (κ1) is 24.3. The topological polar surface area (TPSA) is 135 Å². The molecule has 0 unspecified atom stereocenters. The van der Waals surface area contributed by atoms with Crippen LogP contribution >= 0.6 is 0 Å². The first-order valence-corrected chi connectivity index (χ1v) is 1.47. The first-order valence-electron chi connectivity index (χ1n) is 1.47. The number of furan rings is 1. The molecule has 5 nitrogen and oxygen atoms in total. The summed E-state index contributed by atoms with van der Waals surface area (Å²) in [5.41, 5.74) is 0. The highest BCUT2D eigenvalue weighted by Crippen LogP contribution is 1.79. The van der Waals surface area contributed by atoms with Crippen molar-refractivity contribution in [2.75, 3.05) is 0 Å². The minimum absolute atomic E-state index is 0. The van der Waals surface area contributed by atoms with Crippen molar-refractivity contribution in [3.63, 3.8) is 0 Å². The van der Waals surface area contributed by atoms with Gasteiger partial charge in [0.25, 0.3) is 0 Å². The van der Waals surface area contributed by atoms with Crippen molar-refractivity contribution < 1.29 is 4.42 Å². The summed E-state index contributed by atoms with van der Waals surface area (Å²) in [5.74, 6) is 0. The molecule has 1 aromatic heterocycles. The molecule has 0 spiro atoms. The minimum atomic E-state index is 0. The molecule has 0 N–H and O–H groups in total. The maximum Gasteiger partial charge on any atom is 0.0902 e. The van der Waals surface area contributed by atoms with Gasteiger partial charge in [0.2, 0.25) is 0 Å². The molecule has 1 aromatic rings. The van der Waals surface area contributed by atoms with Crippen molar-refractivity contribution in [2.24, 2.45) is 0 Å². The summed E-state index contributed by atoms with van der Waals surface area (Å²) >= 11 is 0. The van der Waals surface area contributed by atoms with E-state index in [-0.39, 0.29) is 24.6 Å². The molecule has 12 radical (unpaired) electrons. The third kappa shape index (κ3) is 11.0. The molecule has 0 amide bonds. The fourth-order valence-corrected chi connectivity index (χ4v) is 0.227. The van der Waals surface area contributed by atoms with E-state index in [4.69, 9.17) is 0 Å². The third-order valence-corrected chi connectivity index (χ3v) is 0.425. The Morgan fingerprint density at radius 3 is 1.11 bits per heavy atom. The predicted octanol–water partition coefficient (Wildman–Crippen LogP) is -0.643. The highest BCUT2D eigenvalue weighted by atomic mass is 16.3. The zero-order chi connectivity index (χ0) is 3.54. The van der Waals surface area contributed by atoms with Crippen LogP contribution in [0.15, 0.2) is 29.1 Å². The van der Waals surface area contributed by atoms with Gasteiger partial charge in [-0.15, -0.1) is 0 Å². The average Bonchev–Trinajstić information content (AvgIpc) is 1.76. The summed E-state index contributed by atoms with van der Waals surface area (Å²) in [4.78, 5) is 0. The van der Waals surface area contributed by atoms with Gasteiger partial charge >= 0.3 is 0 Å². The van der Waals surface area contributed by atoms with Gasteiger partial charge in [-0.2, -0.15) is 0 Å². The lowest BCUT2D eigenvalue weighted by Crippen LogP contribution is -1.16. The van der Waals surface area contributed by atoms with Gasteiger partial charge in [-0.25, -0.2) is 0 Å². The Morgan fingerprint density at radius 2 is 1.00 bits per heavy atom. The highest BCUT2D eigenvalue weighted by molar-refractivity contribution is 4.79. The molecule has 1 rings (SSSR count). The molecule has 0 aliphatic rings. The van der Waals surface area contributed by atoms with E-state index in [9.17, 15) is 0 Å². The second-order valence-electron chi connectivity index (χ2n) is 0.793. The van der Waals surface area contributed by atoms with E-state index in [0.29, 0.717) is 0 Å². The molecule has 46 valence electrons. The lowest BCUT2D eigenvalue weighted by Gasteiger charge is -1.50. The Hall–Kier alpha value is -0.880. The molecule has 1 heterocycles. The largest absolute Gasteiger partial charge is 0.473 e. The van der Waals surface area contributed by atoms with Crippen LogP contribution in [0.5, 0.6) is 0 Å². The van der Waals surface area contributed by atoms with Gasteiger partial charge in [0.05, 0.1) is 12.5 Å². The monoisotopic (exact) mass is 124 g/mol. The van der Waals surface area contributed by atoms with Gasteiger partial charge in [-0.1, -0.05) is 0 Å². The van der Waals surface area contributed by atoms with Crippen molar-refractivity contribution in [3.05, 3.63) is 24.7 Å². The number of nitrogens with zero attached hydrogens (tertiary/aromatic N) is 4. The van der Waals surface area contributed by atoms with Crippen LogP contribution in [0.25, 0.3) is 0 Å². The van der Waals surface area contributed by atoms with E-state index in [1.54, 1.807) is 12.5 Å². The minimum Gasteiger partial charge on any atom is -0.473 e. The van der Waals surface area contributed by atoms with E-state index in [2.05, 4.69) is 4.42 Å². The first-order chi connectivity index (χ1) is 2.50. The summed E-state index contributed by atoms with van der Waals surface area (Å²) in [6.07, 6.45) is 3.25. The van der Waals surface area contributed by atoms with Crippen molar-refractivity contribution in [3.8, 4) is 0 Å². The van der Waals surface area contributed by atoms with Crippen LogP contribution in [0.2, 0.25) is 0 Å². The number of rotatable bonds is 0. The molecule has 5 heteroatoms. The van der Waals surface area contributed by atoms with Crippen molar-refractivity contribution in [2.45, 2.75) is 0 Å². The lowest BCUT2D eigenvalue weighted by atomic mass is 10.7. The highest BCUT2D eigenvalue weighted by Gasteiger charge is 1.58. The fraction of sp³-hybridized carbons (Fsp3) is 0. The fourth-order valence-electron chi connectivity index (χ4n) is 0.227. The van der Waals surface area contributed by atoms with E-state index in [0.717, 1.165) is 0 Å². The third-order valence-electron chi connectivity index (χ3n) is 0.425. The Balaban J connectivity index is -0.0000000312. The van der Waals surface area contributed by atoms with Crippen molar-refractivity contribution >= 4 is 0 Å². The Labute approximate surface area is 54.8 Å². The van der Waals surface area contributed by atoms with Gasteiger partial charge in [-0.05, 0) is 12.1 Å². The molecule has 0 aromatic carbocycles. The molecule has 0 saturated heterocycles. The van der Waals surface area contributed by atoms with Crippen LogP contribution in [0.3, 0.4) is 0 Å². The smallest absolute Gasteiger partial charge is 0.0902 e. The van der Waals surface area contributed by atoms with E-state index < -0.39 is 0 Å². The summed E-state index contributed by atoms with van der Waals surface area (Å²) in [6, 6.07) is 3.67. The summed E-state index contributed by atoms with van der Waals surface area (Å²) in [6.45, 7) is 0. The quantitative estimate of drug-likeness (QED) is 0.446. The normalized spacial score (nSPS) is 4.44. The van der Waals surface area contributed by atoms with Crippen molar-refractivity contribution in [1.29, 1.82) is 0 Å². The summed E-state index contributed by atoms with van der Waals surface area (Å²) < 4.78 is 4.58. The SMILES string of the molecule is [N].[N].[N].[N].c1ccoc1. The van der Waals surface area contributed by atoms with Crippen LogP contribution < -0.4 is 24.6 Å². The number of hydrogen-bond donors (Lipinski definition) is 0. The Bertz CT molecular complexity index is 69.0. The average molecular weight is 124 g/mol. The molecule has 0 saturated carbocycles. The van der Waals surface area contributed by atoms with Gasteiger partial charge in [-0.3, -0.25) is 0 Å². The van der Waals surface area contributed by atoms with Gasteiger partial charge in [0, 0.05) is 24.6 Å². The van der Waals surface area contributed by atoms with Crippen LogP contribution in [0.4, 0.5) is 0 Å². The molecule has 0 bridgehead atoms. The Kier molecular flexibility index (Phi) is 42.3. The molecule has 9 heavy (non-hydrogen) atoms. The standard InChI is InChI=1S/C4H4O.4N/c1-2-4-5-3-1;;;;/h1-4H;;;;. The maximum atomic E-state index is 4.58. The summed E-state index contributed by atoms with van der Waals surface area (Å²) in [7, 11) is 0. The molecule has 0 aliphatic heterocycles. The van der Waals surface area contributed by atoms with Gasteiger partial charge in [0.15, 0.2) is 0 Å². The van der Waals surface area contributed by atoms with Crippen LogP contribution in [0, 0.1) is 0 Å². The molecular formula is C4H4N4O. The molecule has 0 atom stereocenters. The second kappa shape index (κ2) is 15.7. The van der Waals surface area contributed by atoms with E-state index in [1.807, 2.05) is 12.1 Å². The van der Waals surface area contributed by atoms with Crippen LogP contribution in [-0.2, 0) is 0 Å². The second-order valence-corrected chi connectivity index (χ2v) is 0.793. The predicted molar refractivity (Wildman–Crippen MR) is 27.2 cm³/mol. The lowest BCUT2D eigenvalue weighted by molar-refractivity contribution is 0.567. The summed E-state index contributed by atoms with van der Waals surface area (Å²) in [5, 5.41) is 0. The van der Waals surface area contributed by atoms with E-state index in [1.165, 1.54) is 0 Å². The zero-order valence-corrected chi connectivity index (χ0v) is 4.51. The molecule has 0 aliphatic carbocycles. The molecule has 0 fully saturated rings. The van der Waals surface area contributed by atoms with Crippen LogP contribution in [0.1, 0.15) is 0 Å². The molecular weight excluding hydrogens is 120 g/mol.